The van der Waals surface area contributed by atoms with Gasteiger partial charge in [-0.25, -0.2) is 0 Å². The molecule has 6 rings (SSSR count). The lowest BCUT2D eigenvalue weighted by Gasteiger charge is -2.31. The van der Waals surface area contributed by atoms with Crippen LogP contribution in [0.4, 0.5) is 5.69 Å². The van der Waals surface area contributed by atoms with Crippen molar-refractivity contribution in [1.82, 2.24) is 41.1 Å². The number of nitrogens with zero attached hydrogens (tertiary/aromatic N) is 5. The van der Waals surface area contributed by atoms with Crippen LogP contribution in [0.3, 0.4) is 0 Å². The van der Waals surface area contributed by atoms with E-state index in [4.69, 9.17) is 5.73 Å². The van der Waals surface area contributed by atoms with Crippen molar-refractivity contribution >= 4 is 23.4 Å². The number of H-pyrrole nitrogens is 1. The minimum Gasteiger partial charge on any atom is -0.344 e. The normalized spacial score (nSPS) is 20.0. The largest absolute Gasteiger partial charge is 0.344 e. The Morgan fingerprint density at radius 3 is 2.41 bits per heavy atom. The number of hydrogen-bond donors (Lipinski definition) is 5. The fraction of sp³-hybridized carbons (Fsp3) is 0.417. The first kappa shape index (κ1) is 33.9. The predicted octanol–water partition coefficient (Wildman–Crippen LogP) is 3.10. The summed E-state index contributed by atoms with van der Waals surface area (Å²) in [6, 6.07) is 16.4. The number of nitrogens with two attached hydrogens (primary N) is 1. The molecule has 1 aliphatic heterocycles. The van der Waals surface area contributed by atoms with E-state index >= 15 is 0 Å². The smallest absolute Gasteiger partial charge is 0.272 e. The standard InChI is InChI=1S/C36H44N10O3/c1-22-17-32(36(49)46-16-15-38-23(2)21-46)39-20-30(22)26-7-3-24(4-8-26)18-31(41-34(47)28-9-5-25(19-37)6-10-28)35(48)40-29-13-11-27(12-14-29)33-42-44-45-43-33/h3-4,7-8,11-14,17,20,23,25,28,31,38H,5-6,9-10,15-16,18-19,21,37H2,1-2H3,(H,40,48)(H,41,47)(H,42,43,44,45)/t23?,25?,28?,31-/m0/s1. The number of aryl methyl sites for hydroxylation is 1. The molecule has 1 saturated heterocycles. The summed E-state index contributed by atoms with van der Waals surface area (Å²) in [5.41, 5.74) is 11.4. The first-order valence-corrected chi connectivity index (χ1v) is 17.0. The number of amides is 3. The quantitative estimate of drug-likeness (QED) is 0.170. The van der Waals surface area contributed by atoms with Gasteiger partial charge in [-0.3, -0.25) is 19.4 Å². The number of benzene rings is 2. The second-order valence-corrected chi connectivity index (χ2v) is 13.2. The lowest BCUT2D eigenvalue weighted by atomic mass is 9.81. The number of carbonyl (C=O) groups excluding carboxylic acids is 3. The van der Waals surface area contributed by atoms with Gasteiger partial charge in [0.2, 0.25) is 17.6 Å². The number of pyridine rings is 1. The van der Waals surface area contributed by atoms with Crippen molar-refractivity contribution in [2.24, 2.45) is 17.6 Å². The Kier molecular flexibility index (Phi) is 10.7. The molecule has 3 heterocycles. The fourth-order valence-corrected chi connectivity index (χ4v) is 6.69. The van der Waals surface area contributed by atoms with Gasteiger partial charge in [0.1, 0.15) is 11.7 Å². The van der Waals surface area contributed by atoms with Crippen LogP contribution in [0.2, 0.25) is 0 Å². The lowest BCUT2D eigenvalue weighted by Crippen LogP contribution is -2.51. The number of aromatic amines is 1. The maximum absolute atomic E-state index is 13.7. The average molecular weight is 665 g/mol. The summed E-state index contributed by atoms with van der Waals surface area (Å²) in [6.45, 7) is 6.78. The number of anilines is 1. The molecule has 3 amide bonds. The molecule has 2 fully saturated rings. The van der Waals surface area contributed by atoms with Gasteiger partial charge >= 0.3 is 0 Å². The molecule has 2 aromatic carbocycles. The van der Waals surface area contributed by atoms with Gasteiger partial charge in [-0.05, 0) is 104 Å². The molecule has 13 nitrogen and oxygen atoms in total. The van der Waals surface area contributed by atoms with Crippen molar-refractivity contribution in [1.29, 1.82) is 0 Å². The predicted molar refractivity (Wildman–Crippen MR) is 186 cm³/mol. The molecule has 13 heteroatoms. The van der Waals surface area contributed by atoms with Gasteiger partial charge < -0.3 is 26.6 Å². The Bertz CT molecular complexity index is 1740. The Morgan fingerprint density at radius 1 is 1.02 bits per heavy atom. The van der Waals surface area contributed by atoms with E-state index in [-0.39, 0.29) is 29.7 Å². The van der Waals surface area contributed by atoms with E-state index in [2.05, 4.69) is 48.5 Å². The summed E-state index contributed by atoms with van der Waals surface area (Å²) in [6.07, 6.45) is 5.42. The second kappa shape index (κ2) is 15.5. The highest BCUT2D eigenvalue weighted by molar-refractivity contribution is 5.98. The summed E-state index contributed by atoms with van der Waals surface area (Å²) < 4.78 is 0. The molecule has 0 bridgehead atoms. The summed E-state index contributed by atoms with van der Waals surface area (Å²) >= 11 is 0. The van der Waals surface area contributed by atoms with Crippen LogP contribution in [-0.4, -0.2) is 86.5 Å². The molecule has 2 aromatic heterocycles. The second-order valence-electron chi connectivity index (χ2n) is 13.2. The van der Waals surface area contributed by atoms with Crippen LogP contribution in [-0.2, 0) is 16.0 Å². The lowest BCUT2D eigenvalue weighted by molar-refractivity contribution is -0.130. The number of hydrogen-bond acceptors (Lipinski definition) is 9. The van der Waals surface area contributed by atoms with Gasteiger partial charge in [-0.15, -0.1) is 10.2 Å². The van der Waals surface area contributed by atoms with Crippen LogP contribution in [0.5, 0.6) is 0 Å². The maximum Gasteiger partial charge on any atom is 0.272 e. The van der Waals surface area contributed by atoms with Gasteiger partial charge in [-0.2, -0.15) is 5.21 Å². The molecule has 2 atom stereocenters. The molecule has 2 aliphatic rings. The third-order valence-electron chi connectivity index (χ3n) is 9.63. The molecular formula is C36H44N10O3. The highest BCUT2D eigenvalue weighted by Crippen LogP contribution is 2.29. The van der Waals surface area contributed by atoms with E-state index in [0.717, 1.165) is 60.0 Å². The minimum absolute atomic E-state index is 0.0555. The van der Waals surface area contributed by atoms with Crippen molar-refractivity contribution in [3.8, 4) is 22.5 Å². The Balaban J connectivity index is 1.15. The number of tetrazole rings is 1. The van der Waals surface area contributed by atoms with Gasteiger partial charge in [0.05, 0.1) is 0 Å². The van der Waals surface area contributed by atoms with E-state index in [1.807, 2.05) is 42.2 Å². The number of rotatable bonds is 10. The number of piperazine rings is 1. The van der Waals surface area contributed by atoms with Crippen molar-refractivity contribution in [2.45, 2.75) is 58.0 Å². The van der Waals surface area contributed by atoms with Crippen LogP contribution < -0.4 is 21.7 Å². The van der Waals surface area contributed by atoms with Crippen molar-refractivity contribution in [3.63, 3.8) is 0 Å². The monoisotopic (exact) mass is 664 g/mol. The molecule has 256 valence electrons. The Hall–Kier alpha value is -5.01. The molecule has 49 heavy (non-hydrogen) atoms. The van der Waals surface area contributed by atoms with E-state index < -0.39 is 6.04 Å². The van der Waals surface area contributed by atoms with E-state index in [1.165, 1.54) is 0 Å². The van der Waals surface area contributed by atoms with Crippen LogP contribution in [0, 0.1) is 18.8 Å². The summed E-state index contributed by atoms with van der Waals surface area (Å²) in [5, 5.41) is 23.4. The van der Waals surface area contributed by atoms with Gasteiger partial charge in [-0.1, -0.05) is 24.3 Å². The Morgan fingerprint density at radius 2 is 1.76 bits per heavy atom. The first-order chi connectivity index (χ1) is 23.8. The zero-order valence-electron chi connectivity index (χ0n) is 28.0. The minimum atomic E-state index is -0.788. The summed E-state index contributed by atoms with van der Waals surface area (Å²) in [4.78, 5) is 46.6. The van der Waals surface area contributed by atoms with E-state index in [0.29, 0.717) is 49.2 Å². The molecule has 4 aromatic rings. The van der Waals surface area contributed by atoms with E-state index in [1.54, 1.807) is 30.5 Å². The first-order valence-electron chi connectivity index (χ1n) is 17.0. The van der Waals surface area contributed by atoms with Crippen LogP contribution in [0.25, 0.3) is 22.5 Å². The number of nitrogens with one attached hydrogen (secondary N) is 4. The Labute approximate surface area is 285 Å². The third-order valence-corrected chi connectivity index (χ3v) is 9.63. The van der Waals surface area contributed by atoms with Crippen molar-refractivity contribution < 1.29 is 14.4 Å². The molecule has 0 spiro atoms. The topological polar surface area (TPSA) is 184 Å². The van der Waals surface area contributed by atoms with Crippen molar-refractivity contribution in [2.75, 3.05) is 31.5 Å². The van der Waals surface area contributed by atoms with Gasteiger partial charge in [0.25, 0.3) is 5.91 Å². The highest BCUT2D eigenvalue weighted by atomic mass is 16.2. The SMILES string of the molecule is Cc1cc(C(=O)N2CCNC(C)C2)ncc1-c1ccc(C[C@H](NC(=O)C2CCC(CN)CC2)C(=O)Nc2ccc(-c3nn[nH]n3)cc2)cc1. The van der Waals surface area contributed by atoms with Crippen LogP contribution >= 0.6 is 0 Å². The summed E-state index contributed by atoms with van der Waals surface area (Å²) in [5.74, 6) is 0.292. The maximum atomic E-state index is 13.7. The van der Waals surface area contributed by atoms with Gasteiger partial charge in [0, 0.05) is 61.0 Å². The molecule has 6 N–H and O–H groups in total. The number of carbonyl (C=O) groups is 3. The molecule has 1 saturated carbocycles. The zero-order valence-corrected chi connectivity index (χ0v) is 28.0. The van der Waals surface area contributed by atoms with Crippen LogP contribution in [0.1, 0.15) is 54.2 Å². The molecule has 1 aliphatic carbocycles. The number of aromatic nitrogens is 5. The third kappa shape index (κ3) is 8.35. The molecule has 1 unspecified atom stereocenters. The molecular weight excluding hydrogens is 620 g/mol. The van der Waals surface area contributed by atoms with Crippen molar-refractivity contribution in [3.05, 3.63) is 77.6 Å². The zero-order chi connectivity index (χ0) is 34.3. The van der Waals surface area contributed by atoms with Gasteiger partial charge in [0.15, 0.2) is 0 Å². The average Bonchev–Trinajstić information content (AvgIpc) is 3.67. The summed E-state index contributed by atoms with van der Waals surface area (Å²) in [7, 11) is 0. The fourth-order valence-electron chi connectivity index (χ4n) is 6.69. The highest BCUT2D eigenvalue weighted by Gasteiger charge is 2.30. The van der Waals surface area contributed by atoms with E-state index in [9.17, 15) is 14.4 Å². The molecule has 0 radical (unpaired) electrons. The van der Waals surface area contributed by atoms with Crippen LogP contribution in [0.15, 0.2) is 60.8 Å².